The number of anilines is 1. The maximum Gasteiger partial charge on any atom is 0.412 e. The molecule has 0 bridgehead atoms. The molecule has 0 unspecified atom stereocenters. The molecule has 8 nitrogen and oxygen atoms in total. The number of amides is 2. The van der Waals surface area contributed by atoms with Crippen LogP contribution in [0.2, 0.25) is 0 Å². The molecule has 0 saturated carbocycles. The molecule has 0 aromatic heterocycles. The number of rotatable bonds is 9. The number of benzene rings is 2. The summed E-state index contributed by atoms with van der Waals surface area (Å²) in [6.45, 7) is 3.80. The first-order chi connectivity index (χ1) is 14.4. The van der Waals surface area contributed by atoms with Gasteiger partial charge in [-0.3, -0.25) is 15.3 Å². The van der Waals surface area contributed by atoms with Gasteiger partial charge < -0.3 is 14.6 Å². The van der Waals surface area contributed by atoms with Crippen molar-refractivity contribution >= 4 is 17.7 Å². The first-order valence-corrected chi connectivity index (χ1v) is 9.43. The first-order valence-electron chi connectivity index (χ1n) is 9.43. The Hall–Kier alpha value is -3.36. The zero-order chi connectivity index (χ0) is 21.9. The number of hydroxylamine groups is 1. The molecule has 30 heavy (non-hydrogen) atoms. The fraction of sp³-hybridized carbons (Fsp3) is 0.273. The highest BCUT2D eigenvalue weighted by atomic mass is 16.6. The molecule has 2 aromatic rings. The average Bonchev–Trinajstić information content (AvgIpc) is 2.76. The molecule has 0 fully saturated rings. The van der Waals surface area contributed by atoms with Crippen LogP contribution in [0.25, 0.3) is 0 Å². The van der Waals surface area contributed by atoms with E-state index in [2.05, 4.69) is 5.32 Å². The lowest BCUT2D eigenvalue weighted by molar-refractivity contribution is -0.124. The summed E-state index contributed by atoms with van der Waals surface area (Å²) in [5, 5.41) is 20.2. The van der Waals surface area contributed by atoms with Crippen LogP contribution in [-0.2, 0) is 9.53 Å². The molecule has 0 radical (unpaired) electrons. The maximum atomic E-state index is 12.5. The van der Waals surface area contributed by atoms with Crippen LogP contribution in [0.1, 0.15) is 24.2 Å². The summed E-state index contributed by atoms with van der Waals surface area (Å²) in [4.78, 5) is 23.8. The lowest BCUT2D eigenvalue weighted by Crippen LogP contribution is -2.22. The molecule has 0 saturated heterocycles. The van der Waals surface area contributed by atoms with Gasteiger partial charge in [0.05, 0.1) is 6.61 Å². The van der Waals surface area contributed by atoms with Gasteiger partial charge in [-0.15, -0.1) is 0 Å². The van der Waals surface area contributed by atoms with E-state index >= 15 is 0 Å². The second kappa shape index (κ2) is 11.6. The lowest BCUT2D eigenvalue weighted by atomic mass is 9.96. The van der Waals surface area contributed by atoms with Gasteiger partial charge in [0.15, 0.2) is 0 Å². The number of ether oxygens (including phenoxy) is 2. The Morgan fingerprint density at radius 3 is 2.37 bits per heavy atom. The Kier molecular flexibility index (Phi) is 8.86. The molecule has 2 rings (SSSR count). The molecule has 0 spiro atoms. The Balaban J connectivity index is 2.17. The predicted molar refractivity (Wildman–Crippen MR) is 111 cm³/mol. The van der Waals surface area contributed by atoms with Crippen LogP contribution in [0.5, 0.6) is 5.75 Å². The van der Waals surface area contributed by atoms with Crippen molar-refractivity contribution in [1.82, 2.24) is 5.48 Å². The minimum atomic E-state index is -0.704. The van der Waals surface area contributed by atoms with Crippen LogP contribution in [0.15, 0.2) is 60.7 Å². The van der Waals surface area contributed by atoms with E-state index in [1.54, 1.807) is 43.3 Å². The summed E-state index contributed by atoms with van der Waals surface area (Å²) < 4.78 is 11.0. The van der Waals surface area contributed by atoms with Gasteiger partial charge in [0.25, 0.3) is 5.91 Å². The Morgan fingerprint density at radius 1 is 1.10 bits per heavy atom. The third-order valence-electron chi connectivity index (χ3n) is 4.24. The second-order valence-corrected chi connectivity index (χ2v) is 6.65. The normalized spacial score (nSPS) is 12.8. The SMILES string of the molecule is Cc1ccc(NC(=O)O[C@@H](c2ccc(OCCO)cc2)[C@H](C)/C=C/C(=O)NO)cc1. The lowest BCUT2D eigenvalue weighted by Gasteiger charge is -2.23. The molecule has 0 heterocycles. The van der Waals surface area contributed by atoms with Gasteiger partial charge in [-0.1, -0.05) is 42.8 Å². The van der Waals surface area contributed by atoms with Crippen molar-refractivity contribution in [3.8, 4) is 5.75 Å². The number of aryl methyl sites for hydroxylation is 1. The number of nitrogens with one attached hydrogen (secondary N) is 2. The molecule has 0 aliphatic carbocycles. The number of hydrogen-bond acceptors (Lipinski definition) is 6. The molecule has 4 N–H and O–H groups in total. The number of hydrogen-bond donors (Lipinski definition) is 4. The zero-order valence-electron chi connectivity index (χ0n) is 16.9. The van der Waals surface area contributed by atoms with Crippen molar-refractivity contribution < 1.29 is 29.4 Å². The minimum Gasteiger partial charge on any atom is -0.491 e. The highest BCUT2D eigenvalue weighted by Gasteiger charge is 2.22. The highest BCUT2D eigenvalue weighted by molar-refractivity contribution is 5.86. The highest BCUT2D eigenvalue weighted by Crippen LogP contribution is 2.29. The van der Waals surface area contributed by atoms with Crippen LogP contribution >= 0.6 is 0 Å². The summed E-state index contributed by atoms with van der Waals surface area (Å²) in [6.07, 6.45) is 1.35. The molecule has 160 valence electrons. The number of aliphatic hydroxyl groups excluding tert-OH is 1. The van der Waals surface area contributed by atoms with Gasteiger partial charge in [-0.2, -0.15) is 0 Å². The Bertz CT molecular complexity index is 849. The fourth-order valence-corrected chi connectivity index (χ4v) is 2.67. The van der Waals surface area contributed by atoms with E-state index in [1.165, 1.54) is 11.6 Å². The van der Waals surface area contributed by atoms with Gasteiger partial charge >= 0.3 is 6.09 Å². The van der Waals surface area contributed by atoms with Crippen molar-refractivity contribution in [3.05, 3.63) is 71.8 Å². The minimum absolute atomic E-state index is 0.0958. The molecule has 8 heteroatoms. The summed E-state index contributed by atoms with van der Waals surface area (Å²) in [6, 6.07) is 14.2. The van der Waals surface area contributed by atoms with E-state index in [-0.39, 0.29) is 19.1 Å². The van der Waals surface area contributed by atoms with Crippen LogP contribution in [0.3, 0.4) is 0 Å². The van der Waals surface area contributed by atoms with Crippen molar-refractivity contribution in [1.29, 1.82) is 0 Å². The third kappa shape index (κ3) is 7.23. The molecule has 2 amide bonds. The molecule has 2 atom stereocenters. The van der Waals surface area contributed by atoms with E-state index in [9.17, 15) is 9.59 Å². The van der Waals surface area contributed by atoms with Gasteiger partial charge in [0.2, 0.25) is 0 Å². The standard InChI is InChI=1S/C22H26N2O6/c1-15-3-8-18(9-4-15)23-22(27)30-21(16(2)5-12-20(26)24-28)17-6-10-19(11-7-17)29-14-13-25/h3-12,16,21,25,28H,13-14H2,1-2H3,(H,23,27)(H,24,26)/b12-5+/t16-,21-/m1/s1. The van der Waals surface area contributed by atoms with Crippen molar-refractivity contribution in [3.63, 3.8) is 0 Å². The number of carbonyl (C=O) groups excluding carboxylic acids is 2. The second-order valence-electron chi connectivity index (χ2n) is 6.65. The van der Waals surface area contributed by atoms with Crippen molar-refractivity contribution in [2.45, 2.75) is 20.0 Å². The van der Waals surface area contributed by atoms with E-state index in [0.29, 0.717) is 17.0 Å². The predicted octanol–water partition coefficient (Wildman–Crippen LogP) is 3.35. The summed E-state index contributed by atoms with van der Waals surface area (Å²) in [5.74, 6) is -0.494. The van der Waals surface area contributed by atoms with Gasteiger partial charge in [0.1, 0.15) is 18.5 Å². The van der Waals surface area contributed by atoms with Crippen LogP contribution in [-0.4, -0.2) is 35.5 Å². The fourth-order valence-electron chi connectivity index (χ4n) is 2.67. The van der Waals surface area contributed by atoms with Crippen molar-refractivity contribution in [2.75, 3.05) is 18.5 Å². The molecular weight excluding hydrogens is 388 g/mol. The number of carbonyl (C=O) groups is 2. The molecule has 0 aliphatic rings. The molecular formula is C22H26N2O6. The van der Waals surface area contributed by atoms with E-state index < -0.39 is 18.1 Å². The quantitative estimate of drug-likeness (QED) is 0.284. The topological polar surface area (TPSA) is 117 Å². The van der Waals surface area contributed by atoms with Crippen LogP contribution in [0.4, 0.5) is 10.5 Å². The monoisotopic (exact) mass is 414 g/mol. The maximum absolute atomic E-state index is 12.5. The van der Waals surface area contributed by atoms with Crippen molar-refractivity contribution in [2.24, 2.45) is 5.92 Å². The van der Waals surface area contributed by atoms with E-state index in [0.717, 1.165) is 11.6 Å². The molecule has 0 aliphatic heterocycles. The number of aliphatic hydroxyl groups is 1. The summed E-state index contributed by atoms with van der Waals surface area (Å²) >= 11 is 0. The average molecular weight is 414 g/mol. The van der Waals surface area contributed by atoms with E-state index in [4.69, 9.17) is 19.8 Å². The summed E-state index contributed by atoms with van der Waals surface area (Å²) in [5.41, 5.74) is 3.87. The van der Waals surface area contributed by atoms with Crippen LogP contribution < -0.4 is 15.5 Å². The smallest absolute Gasteiger partial charge is 0.412 e. The van der Waals surface area contributed by atoms with Gasteiger partial charge in [-0.25, -0.2) is 10.3 Å². The first kappa shape index (κ1) is 22.9. The van der Waals surface area contributed by atoms with Gasteiger partial charge in [0, 0.05) is 17.7 Å². The van der Waals surface area contributed by atoms with E-state index in [1.807, 2.05) is 19.1 Å². The Morgan fingerprint density at radius 2 is 1.77 bits per heavy atom. The Labute approximate surface area is 175 Å². The third-order valence-corrected chi connectivity index (χ3v) is 4.24. The largest absolute Gasteiger partial charge is 0.491 e. The molecule has 2 aromatic carbocycles. The summed E-state index contributed by atoms with van der Waals surface area (Å²) in [7, 11) is 0. The zero-order valence-corrected chi connectivity index (χ0v) is 16.9. The van der Waals surface area contributed by atoms with Gasteiger partial charge in [-0.05, 0) is 36.8 Å². The van der Waals surface area contributed by atoms with Crippen LogP contribution in [0, 0.1) is 12.8 Å².